The van der Waals surface area contributed by atoms with Crippen LogP contribution in [0.4, 0.5) is 10.3 Å². The summed E-state index contributed by atoms with van der Waals surface area (Å²) in [6.07, 6.45) is 1.50. The second-order valence-corrected chi connectivity index (χ2v) is 5.52. The smallest absolute Gasteiger partial charge is 0.340 e. The molecule has 0 aliphatic heterocycles. The van der Waals surface area contributed by atoms with Crippen LogP contribution in [-0.2, 0) is 4.74 Å². The van der Waals surface area contributed by atoms with Gasteiger partial charge in [0.2, 0.25) is 5.95 Å². The van der Waals surface area contributed by atoms with E-state index in [2.05, 4.69) is 15.0 Å². The number of hydrogen-bond acceptors (Lipinski definition) is 5. The summed E-state index contributed by atoms with van der Waals surface area (Å²) in [5.74, 6) is -0.936. The van der Waals surface area contributed by atoms with Crippen molar-refractivity contribution in [2.24, 2.45) is 0 Å². The molecule has 0 spiro atoms. The van der Waals surface area contributed by atoms with Crippen LogP contribution >= 0.6 is 11.6 Å². The Bertz CT molecular complexity index is 942. The number of nitrogen functional groups attached to an aromatic ring is 1. The third-order valence-corrected chi connectivity index (χ3v) is 3.79. The van der Waals surface area contributed by atoms with Crippen molar-refractivity contribution in [1.29, 1.82) is 0 Å². The van der Waals surface area contributed by atoms with Gasteiger partial charge in [0.25, 0.3) is 0 Å². The highest BCUT2D eigenvalue weighted by atomic mass is 35.5. The molecular formula is C17H14ClFN4O2. The molecule has 0 saturated carbocycles. The fraction of sp³-hybridized carbons (Fsp3) is 0.118. The Morgan fingerprint density at radius 2 is 2.16 bits per heavy atom. The number of halogens is 2. The molecule has 0 unspecified atom stereocenters. The Morgan fingerprint density at radius 1 is 1.36 bits per heavy atom. The van der Waals surface area contributed by atoms with Crippen molar-refractivity contribution in [3.63, 3.8) is 0 Å². The monoisotopic (exact) mass is 360 g/mol. The zero-order valence-electron chi connectivity index (χ0n) is 13.2. The maximum absolute atomic E-state index is 13.7. The zero-order chi connectivity index (χ0) is 18.0. The fourth-order valence-electron chi connectivity index (χ4n) is 2.39. The van der Waals surface area contributed by atoms with Gasteiger partial charge in [-0.3, -0.25) is 0 Å². The lowest BCUT2D eigenvalue weighted by atomic mass is 10.1. The zero-order valence-corrected chi connectivity index (χ0v) is 14.0. The second kappa shape index (κ2) is 6.90. The molecule has 3 rings (SSSR count). The second-order valence-electron chi connectivity index (χ2n) is 5.12. The molecule has 1 aromatic carbocycles. The molecule has 0 fully saturated rings. The average molecular weight is 361 g/mol. The predicted octanol–water partition coefficient (Wildman–Crippen LogP) is 3.69. The van der Waals surface area contributed by atoms with Crippen molar-refractivity contribution in [1.82, 2.24) is 15.0 Å². The number of nitrogens with one attached hydrogen (secondary N) is 1. The summed E-state index contributed by atoms with van der Waals surface area (Å²) in [6, 6.07) is 7.11. The molecule has 3 N–H and O–H groups in total. The van der Waals surface area contributed by atoms with E-state index >= 15 is 0 Å². The summed E-state index contributed by atoms with van der Waals surface area (Å²) in [5, 5.41) is 0.294. The maximum Gasteiger partial charge on any atom is 0.340 e. The lowest BCUT2D eigenvalue weighted by molar-refractivity contribution is 0.0527. The van der Waals surface area contributed by atoms with E-state index in [1.165, 1.54) is 24.4 Å². The van der Waals surface area contributed by atoms with Gasteiger partial charge in [-0.15, -0.1) is 0 Å². The standard InChI is InChI=1S/C17H14ClFN4O2/c1-2-25-16(24)11-8-14(13-5-6-21-17(20)23-13)22-15(11)10-7-9(19)3-4-12(10)18/h3-8,22H,2H2,1H3,(H2,20,21,23). The van der Waals surface area contributed by atoms with Gasteiger partial charge in [-0.25, -0.2) is 19.2 Å². The van der Waals surface area contributed by atoms with Gasteiger partial charge < -0.3 is 15.5 Å². The Hall–Kier alpha value is -2.93. The van der Waals surface area contributed by atoms with E-state index in [0.29, 0.717) is 27.7 Å². The molecule has 0 aliphatic carbocycles. The number of nitrogens with two attached hydrogens (primary N) is 1. The first-order chi connectivity index (χ1) is 12.0. The summed E-state index contributed by atoms with van der Waals surface area (Å²) in [4.78, 5) is 23.3. The van der Waals surface area contributed by atoms with Crippen molar-refractivity contribution in [3.8, 4) is 22.6 Å². The van der Waals surface area contributed by atoms with Crippen LogP contribution in [0.1, 0.15) is 17.3 Å². The summed E-state index contributed by atoms with van der Waals surface area (Å²) < 4.78 is 18.8. The van der Waals surface area contributed by atoms with Crippen LogP contribution in [0, 0.1) is 5.82 Å². The summed E-state index contributed by atoms with van der Waals surface area (Å²) >= 11 is 6.18. The number of aromatic amines is 1. The van der Waals surface area contributed by atoms with Crippen molar-refractivity contribution in [3.05, 3.63) is 52.9 Å². The first kappa shape index (κ1) is 16.9. The van der Waals surface area contributed by atoms with Crippen LogP contribution in [0.15, 0.2) is 36.5 Å². The van der Waals surface area contributed by atoms with Gasteiger partial charge in [0.05, 0.1) is 34.3 Å². The molecule has 128 valence electrons. The average Bonchev–Trinajstić information content (AvgIpc) is 3.02. The van der Waals surface area contributed by atoms with E-state index in [9.17, 15) is 9.18 Å². The van der Waals surface area contributed by atoms with Crippen molar-refractivity contribution >= 4 is 23.5 Å². The number of nitrogens with zero attached hydrogens (tertiary/aromatic N) is 2. The Balaban J connectivity index is 2.19. The fourth-order valence-corrected chi connectivity index (χ4v) is 2.60. The minimum absolute atomic E-state index is 0.0927. The van der Waals surface area contributed by atoms with E-state index < -0.39 is 11.8 Å². The molecule has 0 bridgehead atoms. The van der Waals surface area contributed by atoms with Gasteiger partial charge in [0.1, 0.15) is 5.82 Å². The molecular weight excluding hydrogens is 347 g/mol. The molecule has 0 aliphatic rings. The Kier molecular flexibility index (Phi) is 4.67. The lowest BCUT2D eigenvalue weighted by Gasteiger charge is -2.06. The molecule has 8 heteroatoms. The Labute approximate surface area is 147 Å². The quantitative estimate of drug-likeness (QED) is 0.692. The number of ether oxygens (including phenoxy) is 1. The number of hydrogen-bond donors (Lipinski definition) is 2. The molecule has 0 amide bonds. The number of rotatable bonds is 4. The number of benzene rings is 1. The minimum atomic E-state index is -0.553. The molecule has 0 saturated heterocycles. The maximum atomic E-state index is 13.7. The predicted molar refractivity (Wildman–Crippen MR) is 92.6 cm³/mol. The molecule has 2 aromatic heterocycles. The van der Waals surface area contributed by atoms with Gasteiger partial charge in [-0.05, 0) is 37.3 Å². The molecule has 0 radical (unpaired) electrons. The van der Waals surface area contributed by atoms with Gasteiger partial charge in [0.15, 0.2) is 0 Å². The van der Waals surface area contributed by atoms with E-state index in [1.807, 2.05) is 0 Å². The molecule has 0 atom stereocenters. The highest BCUT2D eigenvalue weighted by Crippen LogP contribution is 2.33. The highest BCUT2D eigenvalue weighted by Gasteiger charge is 2.21. The SMILES string of the molecule is CCOC(=O)c1cc(-c2ccnc(N)n2)[nH]c1-c1cc(F)ccc1Cl. The summed E-state index contributed by atoms with van der Waals surface area (Å²) in [6.45, 7) is 1.90. The number of carbonyl (C=O) groups is 1. The van der Waals surface area contributed by atoms with Gasteiger partial charge in [-0.1, -0.05) is 11.6 Å². The third kappa shape index (κ3) is 3.46. The van der Waals surface area contributed by atoms with Crippen molar-refractivity contribution < 1.29 is 13.9 Å². The Morgan fingerprint density at radius 3 is 2.88 bits per heavy atom. The highest BCUT2D eigenvalue weighted by molar-refractivity contribution is 6.33. The van der Waals surface area contributed by atoms with Crippen LogP contribution in [0.25, 0.3) is 22.6 Å². The summed E-state index contributed by atoms with van der Waals surface area (Å²) in [7, 11) is 0. The van der Waals surface area contributed by atoms with Crippen LogP contribution < -0.4 is 5.73 Å². The van der Waals surface area contributed by atoms with Gasteiger partial charge in [-0.2, -0.15) is 0 Å². The molecule has 2 heterocycles. The van der Waals surface area contributed by atoms with E-state index in [0.717, 1.165) is 0 Å². The molecule has 3 aromatic rings. The van der Waals surface area contributed by atoms with Crippen molar-refractivity contribution in [2.75, 3.05) is 12.3 Å². The topological polar surface area (TPSA) is 93.9 Å². The number of anilines is 1. The lowest BCUT2D eigenvalue weighted by Crippen LogP contribution is -2.05. The van der Waals surface area contributed by atoms with Gasteiger partial charge in [0, 0.05) is 11.8 Å². The number of H-pyrrole nitrogens is 1. The van der Waals surface area contributed by atoms with Gasteiger partial charge >= 0.3 is 5.97 Å². The van der Waals surface area contributed by atoms with E-state index in [-0.39, 0.29) is 18.1 Å². The molecule has 6 nitrogen and oxygen atoms in total. The number of aromatic nitrogens is 3. The minimum Gasteiger partial charge on any atom is -0.462 e. The van der Waals surface area contributed by atoms with Crippen LogP contribution in [0.3, 0.4) is 0 Å². The third-order valence-electron chi connectivity index (χ3n) is 3.46. The van der Waals surface area contributed by atoms with Crippen LogP contribution in [0.5, 0.6) is 0 Å². The van der Waals surface area contributed by atoms with E-state index in [4.69, 9.17) is 22.1 Å². The normalized spacial score (nSPS) is 10.7. The number of carbonyl (C=O) groups excluding carboxylic acids is 1. The molecule has 25 heavy (non-hydrogen) atoms. The van der Waals surface area contributed by atoms with Crippen LogP contribution in [0.2, 0.25) is 5.02 Å². The largest absolute Gasteiger partial charge is 0.462 e. The first-order valence-corrected chi connectivity index (χ1v) is 7.82. The van der Waals surface area contributed by atoms with Crippen LogP contribution in [-0.4, -0.2) is 27.5 Å². The van der Waals surface area contributed by atoms with Crippen molar-refractivity contribution in [2.45, 2.75) is 6.92 Å². The first-order valence-electron chi connectivity index (χ1n) is 7.44. The van der Waals surface area contributed by atoms with E-state index in [1.54, 1.807) is 19.1 Å². The summed E-state index contributed by atoms with van der Waals surface area (Å²) in [5.41, 5.74) is 7.51. The number of esters is 1.